The minimum absolute atomic E-state index is 0.0737. The summed E-state index contributed by atoms with van der Waals surface area (Å²) in [5, 5.41) is 9.70. The predicted octanol–water partition coefficient (Wildman–Crippen LogP) is 4.14. The molecule has 0 spiro atoms. The van der Waals surface area contributed by atoms with Gasteiger partial charge in [0.15, 0.2) is 0 Å². The SMILES string of the molecule is CCO[Si](C)(CCCC(=O)OCC1CC2C3CCC(C(CO)C3)C2C1)OCC. The first-order valence-electron chi connectivity index (χ1n) is 11.5. The Morgan fingerprint density at radius 1 is 1.04 bits per heavy atom. The molecule has 5 nitrogen and oxygen atoms in total. The maximum Gasteiger partial charge on any atom is 0.334 e. The summed E-state index contributed by atoms with van der Waals surface area (Å²) < 4.78 is 17.3. The molecule has 6 unspecified atom stereocenters. The molecule has 0 aliphatic heterocycles. The van der Waals surface area contributed by atoms with Gasteiger partial charge in [-0.15, -0.1) is 0 Å². The molecule has 4 rings (SSSR count). The number of hydrogen-bond acceptors (Lipinski definition) is 5. The number of rotatable bonds is 11. The number of carbonyl (C=O) groups excluding carboxylic acids is 1. The van der Waals surface area contributed by atoms with Crippen molar-refractivity contribution in [2.75, 3.05) is 26.4 Å². The van der Waals surface area contributed by atoms with Crippen LogP contribution in [0.15, 0.2) is 0 Å². The van der Waals surface area contributed by atoms with E-state index < -0.39 is 8.56 Å². The van der Waals surface area contributed by atoms with Gasteiger partial charge < -0.3 is 18.7 Å². The average Bonchev–Trinajstić information content (AvgIpc) is 3.13. The van der Waals surface area contributed by atoms with E-state index in [0.29, 0.717) is 50.6 Å². The van der Waals surface area contributed by atoms with Crippen molar-refractivity contribution in [3.63, 3.8) is 0 Å². The Hall–Kier alpha value is -0.433. The number of ether oxygens (including phenoxy) is 1. The van der Waals surface area contributed by atoms with Crippen molar-refractivity contribution < 1.29 is 23.5 Å². The van der Waals surface area contributed by atoms with Gasteiger partial charge in [-0.05, 0) is 100 Å². The molecule has 4 aliphatic carbocycles. The number of hydrogen-bond donors (Lipinski definition) is 1. The minimum Gasteiger partial charge on any atom is -0.465 e. The monoisotopic (exact) mass is 412 g/mol. The van der Waals surface area contributed by atoms with Gasteiger partial charge in [-0.2, -0.15) is 0 Å². The highest BCUT2D eigenvalue weighted by Crippen LogP contribution is 2.58. The van der Waals surface area contributed by atoms with Gasteiger partial charge in [0.25, 0.3) is 0 Å². The molecule has 28 heavy (non-hydrogen) atoms. The smallest absolute Gasteiger partial charge is 0.334 e. The lowest BCUT2D eigenvalue weighted by Crippen LogP contribution is -2.43. The van der Waals surface area contributed by atoms with Crippen molar-refractivity contribution in [2.24, 2.45) is 35.5 Å². The van der Waals surface area contributed by atoms with E-state index in [1.54, 1.807) is 0 Å². The van der Waals surface area contributed by atoms with E-state index in [9.17, 15) is 9.90 Å². The Bertz CT molecular complexity index is 507. The molecule has 1 N–H and O–H groups in total. The molecule has 4 fully saturated rings. The first kappa shape index (κ1) is 22.3. The van der Waals surface area contributed by atoms with Crippen molar-refractivity contribution in [1.29, 1.82) is 0 Å². The minimum atomic E-state index is -2.13. The van der Waals surface area contributed by atoms with Gasteiger partial charge in [-0.1, -0.05) is 0 Å². The predicted molar refractivity (Wildman–Crippen MR) is 111 cm³/mol. The van der Waals surface area contributed by atoms with Gasteiger partial charge in [-0.3, -0.25) is 4.79 Å². The third kappa shape index (κ3) is 5.18. The molecule has 4 aliphatic rings. The van der Waals surface area contributed by atoms with Gasteiger partial charge in [0.05, 0.1) is 6.61 Å². The van der Waals surface area contributed by atoms with Crippen LogP contribution in [0.4, 0.5) is 0 Å². The van der Waals surface area contributed by atoms with Crippen LogP contribution in [0.3, 0.4) is 0 Å². The second-order valence-corrected chi connectivity index (χ2v) is 12.7. The molecule has 0 radical (unpaired) electrons. The lowest BCUT2D eigenvalue weighted by atomic mass is 9.56. The Balaban J connectivity index is 1.38. The Morgan fingerprint density at radius 2 is 1.75 bits per heavy atom. The number of fused-ring (bicyclic) bond motifs is 2. The quantitative estimate of drug-likeness (QED) is 0.408. The number of carbonyl (C=O) groups is 1. The molecule has 0 aromatic carbocycles. The van der Waals surface area contributed by atoms with Crippen LogP contribution in [0.5, 0.6) is 0 Å². The van der Waals surface area contributed by atoms with Gasteiger partial charge in [0.1, 0.15) is 0 Å². The van der Waals surface area contributed by atoms with E-state index >= 15 is 0 Å². The van der Waals surface area contributed by atoms with E-state index in [1.807, 2.05) is 13.8 Å². The Kier molecular flexibility index (Phi) is 7.99. The summed E-state index contributed by atoms with van der Waals surface area (Å²) in [6.07, 6.45) is 7.51. The second-order valence-electron chi connectivity index (χ2n) is 9.38. The summed E-state index contributed by atoms with van der Waals surface area (Å²) in [5.74, 6) is 4.05. The fourth-order valence-electron chi connectivity index (χ4n) is 6.51. The molecular formula is C22H40O5Si. The van der Waals surface area contributed by atoms with E-state index in [0.717, 1.165) is 30.2 Å². The zero-order chi connectivity index (χ0) is 20.1. The second kappa shape index (κ2) is 10.1. The topological polar surface area (TPSA) is 65.0 Å². The molecule has 4 saturated carbocycles. The highest BCUT2D eigenvalue weighted by molar-refractivity contribution is 6.66. The molecule has 0 saturated heterocycles. The van der Waals surface area contributed by atoms with Crippen molar-refractivity contribution in [3.8, 4) is 0 Å². The maximum atomic E-state index is 12.2. The van der Waals surface area contributed by atoms with Crippen LogP contribution in [-0.4, -0.2) is 46.1 Å². The van der Waals surface area contributed by atoms with Crippen LogP contribution in [0.1, 0.15) is 58.8 Å². The molecular weight excluding hydrogens is 372 g/mol. The van der Waals surface area contributed by atoms with Gasteiger partial charge in [-0.25, -0.2) is 0 Å². The molecule has 162 valence electrons. The summed E-state index contributed by atoms with van der Waals surface area (Å²) in [6.45, 7) is 8.34. The van der Waals surface area contributed by atoms with Crippen molar-refractivity contribution in [3.05, 3.63) is 0 Å². The van der Waals surface area contributed by atoms with Crippen LogP contribution in [-0.2, 0) is 18.4 Å². The summed E-state index contributed by atoms with van der Waals surface area (Å²) in [6, 6.07) is 0.837. The van der Waals surface area contributed by atoms with E-state index in [2.05, 4.69) is 6.55 Å². The molecule has 0 aromatic heterocycles. The van der Waals surface area contributed by atoms with Gasteiger partial charge >= 0.3 is 14.5 Å². The first-order chi connectivity index (χ1) is 13.5. The lowest BCUT2D eigenvalue weighted by molar-refractivity contribution is -0.145. The number of esters is 1. The standard InChI is InChI=1S/C22H40O5Si/c1-4-26-28(3,27-5-2)10-6-7-22(24)25-15-16-11-20-17-8-9-19(21(20)12-16)18(13-17)14-23/h16-21,23H,4-15H2,1-3H3. The van der Waals surface area contributed by atoms with Crippen LogP contribution in [0.25, 0.3) is 0 Å². The zero-order valence-corrected chi connectivity index (χ0v) is 19.0. The normalized spacial score (nSPS) is 34.4. The summed E-state index contributed by atoms with van der Waals surface area (Å²) in [7, 11) is -2.13. The van der Waals surface area contributed by atoms with Crippen LogP contribution in [0.2, 0.25) is 12.6 Å². The van der Waals surface area contributed by atoms with Crippen molar-refractivity contribution in [2.45, 2.75) is 71.4 Å². The summed E-state index contributed by atoms with van der Waals surface area (Å²) in [5.41, 5.74) is 0. The first-order valence-corrected chi connectivity index (χ1v) is 14.1. The van der Waals surface area contributed by atoms with E-state index in [-0.39, 0.29) is 5.97 Å². The molecule has 6 heteroatoms. The van der Waals surface area contributed by atoms with E-state index in [4.69, 9.17) is 13.6 Å². The van der Waals surface area contributed by atoms with Crippen molar-refractivity contribution >= 4 is 14.5 Å². The number of aliphatic hydroxyl groups excluding tert-OH is 1. The van der Waals surface area contributed by atoms with E-state index in [1.165, 1.54) is 32.1 Å². The third-order valence-electron chi connectivity index (χ3n) is 7.62. The van der Waals surface area contributed by atoms with Crippen LogP contribution in [0, 0.1) is 35.5 Å². The lowest BCUT2D eigenvalue weighted by Gasteiger charge is -2.50. The Morgan fingerprint density at radius 3 is 2.43 bits per heavy atom. The Labute approximate surface area is 171 Å². The van der Waals surface area contributed by atoms with Gasteiger partial charge in [0, 0.05) is 26.2 Å². The average molecular weight is 413 g/mol. The largest absolute Gasteiger partial charge is 0.465 e. The van der Waals surface area contributed by atoms with Crippen LogP contribution >= 0.6 is 0 Å². The number of aliphatic hydroxyl groups is 1. The maximum absolute atomic E-state index is 12.2. The van der Waals surface area contributed by atoms with Crippen LogP contribution < -0.4 is 0 Å². The zero-order valence-electron chi connectivity index (χ0n) is 18.0. The third-order valence-corrected chi connectivity index (χ3v) is 10.7. The fourth-order valence-corrected chi connectivity index (χ4v) is 8.92. The van der Waals surface area contributed by atoms with Crippen molar-refractivity contribution in [1.82, 2.24) is 0 Å². The van der Waals surface area contributed by atoms with Gasteiger partial charge in [0.2, 0.25) is 0 Å². The highest BCUT2D eigenvalue weighted by Gasteiger charge is 2.52. The highest BCUT2D eigenvalue weighted by atomic mass is 28.4. The molecule has 0 amide bonds. The molecule has 0 heterocycles. The summed E-state index contributed by atoms with van der Waals surface area (Å²) in [4.78, 5) is 12.2. The fraction of sp³-hybridized carbons (Fsp3) is 0.955. The summed E-state index contributed by atoms with van der Waals surface area (Å²) >= 11 is 0. The molecule has 0 aromatic rings. The molecule has 2 bridgehead atoms. The molecule has 6 atom stereocenters.